The van der Waals surface area contributed by atoms with Gasteiger partial charge in [0, 0.05) is 18.0 Å². The maximum atomic E-state index is 13.6. The number of benzene rings is 2. The van der Waals surface area contributed by atoms with Gasteiger partial charge in [0.05, 0.1) is 12.1 Å². The third-order valence-corrected chi connectivity index (χ3v) is 5.90. The van der Waals surface area contributed by atoms with Gasteiger partial charge in [-0.25, -0.2) is 4.90 Å². The second kappa shape index (κ2) is 8.94. The molecule has 0 aromatic heterocycles. The van der Waals surface area contributed by atoms with Crippen molar-refractivity contribution in [1.82, 2.24) is 4.90 Å². The van der Waals surface area contributed by atoms with Crippen molar-refractivity contribution in [2.75, 3.05) is 4.90 Å². The standard InChI is InChI=1S/C25H28N2O5/c1-6-25(4,5)27(23(30)20-10-8-7-9-16(20)2)21-15-22(29)26(24(21)31)18-11-13-19(14-12-18)32-17(3)28/h7-14,21H,6,15H2,1-5H3. The molecule has 0 saturated carbocycles. The molecule has 0 radical (unpaired) electrons. The van der Waals surface area contributed by atoms with Crippen LogP contribution < -0.4 is 9.64 Å². The molecule has 1 heterocycles. The lowest BCUT2D eigenvalue weighted by Gasteiger charge is -2.41. The number of aryl methyl sites for hydroxylation is 1. The molecule has 2 aromatic carbocycles. The molecule has 2 aromatic rings. The monoisotopic (exact) mass is 436 g/mol. The molecule has 0 bridgehead atoms. The second-order valence-corrected chi connectivity index (χ2v) is 8.53. The van der Waals surface area contributed by atoms with Crippen molar-refractivity contribution in [3.05, 3.63) is 59.7 Å². The summed E-state index contributed by atoms with van der Waals surface area (Å²) in [6.07, 6.45) is 0.519. The van der Waals surface area contributed by atoms with Gasteiger partial charge in [0.2, 0.25) is 5.91 Å². The molecule has 3 amide bonds. The number of amides is 3. The van der Waals surface area contributed by atoms with Gasteiger partial charge in [-0.05, 0) is 63.1 Å². The molecule has 1 atom stereocenters. The van der Waals surface area contributed by atoms with Crippen LogP contribution in [-0.4, -0.2) is 40.2 Å². The highest BCUT2D eigenvalue weighted by molar-refractivity contribution is 6.23. The minimum absolute atomic E-state index is 0.0917. The van der Waals surface area contributed by atoms with E-state index in [2.05, 4.69) is 0 Å². The van der Waals surface area contributed by atoms with Crippen LogP contribution in [-0.2, 0) is 14.4 Å². The van der Waals surface area contributed by atoms with Crippen LogP contribution in [0.25, 0.3) is 0 Å². The Bertz CT molecular complexity index is 1060. The number of carbonyl (C=O) groups is 4. The molecular weight excluding hydrogens is 408 g/mol. The van der Waals surface area contributed by atoms with Crippen LogP contribution in [0.3, 0.4) is 0 Å². The number of esters is 1. The number of ether oxygens (including phenoxy) is 1. The number of anilines is 1. The molecule has 1 fully saturated rings. The summed E-state index contributed by atoms with van der Waals surface area (Å²) >= 11 is 0. The molecule has 32 heavy (non-hydrogen) atoms. The van der Waals surface area contributed by atoms with E-state index in [4.69, 9.17) is 4.74 Å². The first-order chi connectivity index (χ1) is 15.1. The van der Waals surface area contributed by atoms with E-state index in [0.29, 0.717) is 23.4 Å². The lowest BCUT2D eigenvalue weighted by Crippen LogP contribution is -2.55. The summed E-state index contributed by atoms with van der Waals surface area (Å²) in [5.74, 6) is -1.24. The maximum Gasteiger partial charge on any atom is 0.308 e. The third-order valence-electron chi connectivity index (χ3n) is 5.90. The largest absolute Gasteiger partial charge is 0.427 e. The highest BCUT2D eigenvalue weighted by Crippen LogP contribution is 2.33. The normalized spacial score (nSPS) is 16.3. The van der Waals surface area contributed by atoms with Gasteiger partial charge in [-0.1, -0.05) is 25.1 Å². The van der Waals surface area contributed by atoms with Crippen LogP contribution in [0.4, 0.5) is 5.69 Å². The van der Waals surface area contributed by atoms with Gasteiger partial charge >= 0.3 is 5.97 Å². The Balaban J connectivity index is 1.96. The van der Waals surface area contributed by atoms with Crippen LogP contribution in [0.5, 0.6) is 5.75 Å². The summed E-state index contributed by atoms with van der Waals surface area (Å²) in [5.41, 5.74) is 1.05. The first-order valence-electron chi connectivity index (χ1n) is 10.6. The van der Waals surface area contributed by atoms with Crippen molar-refractivity contribution < 1.29 is 23.9 Å². The average molecular weight is 437 g/mol. The zero-order valence-electron chi connectivity index (χ0n) is 19.0. The number of carbonyl (C=O) groups excluding carboxylic acids is 4. The van der Waals surface area contributed by atoms with Crippen molar-refractivity contribution in [2.24, 2.45) is 0 Å². The molecule has 3 rings (SSSR count). The van der Waals surface area contributed by atoms with E-state index >= 15 is 0 Å². The Hall–Kier alpha value is -3.48. The topological polar surface area (TPSA) is 84.0 Å². The SMILES string of the molecule is CCC(C)(C)N(C(=O)c1ccccc1C)C1CC(=O)N(c2ccc(OC(C)=O)cc2)C1=O. The van der Waals surface area contributed by atoms with Crippen molar-refractivity contribution in [3.63, 3.8) is 0 Å². The Kier molecular flexibility index (Phi) is 6.48. The van der Waals surface area contributed by atoms with E-state index in [9.17, 15) is 19.2 Å². The number of hydrogen-bond acceptors (Lipinski definition) is 5. The molecule has 7 nitrogen and oxygen atoms in total. The van der Waals surface area contributed by atoms with E-state index in [0.717, 1.165) is 10.5 Å². The lowest BCUT2D eigenvalue weighted by molar-refractivity contribution is -0.132. The van der Waals surface area contributed by atoms with Gasteiger partial charge in [0.15, 0.2) is 0 Å². The van der Waals surface area contributed by atoms with Gasteiger partial charge < -0.3 is 9.64 Å². The number of rotatable bonds is 6. The number of nitrogens with zero attached hydrogens (tertiary/aromatic N) is 2. The Morgan fingerprint density at radius 1 is 1.09 bits per heavy atom. The van der Waals surface area contributed by atoms with Crippen molar-refractivity contribution >= 4 is 29.4 Å². The van der Waals surface area contributed by atoms with E-state index in [-0.39, 0.29) is 18.2 Å². The molecule has 168 valence electrons. The minimum Gasteiger partial charge on any atom is -0.427 e. The third kappa shape index (κ3) is 4.42. The summed E-state index contributed by atoms with van der Waals surface area (Å²) in [6.45, 7) is 8.89. The minimum atomic E-state index is -0.905. The average Bonchev–Trinajstić information content (AvgIpc) is 3.02. The summed E-state index contributed by atoms with van der Waals surface area (Å²) in [7, 11) is 0. The van der Waals surface area contributed by atoms with Crippen LogP contribution >= 0.6 is 0 Å². The smallest absolute Gasteiger partial charge is 0.308 e. The van der Waals surface area contributed by atoms with E-state index in [1.165, 1.54) is 19.1 Å². The summed E-state index contributed by atoms with van der Waals surface area (Å²) in [6, 6.07) is 12.5. The predicted octanol–water partition coefficient (Wildman–Crippen LogP) is 3.88. The van der Waals surface area contributed by atoms with E-state index in [1.54, 1.807) is 29.2 Å². The maximum absolute atomic E-state index is 13.6. The molecule has 1 aliphatic heterocycles. The van der Waals surface area contributed by atoms with Crippen LogP contribution in [0, 0.1) is 6.92 Å². The molecule has 7 heteroatoms. The quantitative estimate of drug-likeness (QED) is 0.390. The Labute approximate surface area is 188 Å². The van der Waals surface area contributed by atoms with Gasteiger partial charge in [0.25, 0.3) is 11.8 Å². The number of imide groups is 1. The zero-order chi connectivity index (χ0) is 23.6. The first-order valence-corrected chi connectivity index (χ1v) is 10.6. The second-order valence-electron chi connectivity index (χ2n) is 8.53. The van der Waals surface area contributed by atoms with Gasteiger partial charge in [-0.15, -0.1) is 0 Å². The highest BCUT2D eigenvalue weighted by atomic mass is 16.5. The molecule has 0 aliphatic carbocycles. The fourth-order valence-corrected chi connectivity index (χ4v) is 3.87. The van der Waals surface area contributed by atoms with Crippen molar-refractivity contribution in [1.29, 1.82) is 0 Å². The summed E-state index contributed by atoms with van der Waals surface area (Å²) in [4.78, 5) is 53.7. The Morgan fingerprint density at radius 2 is 1.72 bits per heavy atom. The predicted molar refractivity (Wildman–Crippen MR) is 120 cm³/mol. The van der Waals surface area contributed by atoms with Crippen LogP contribution in [0.1, 0.15) is 56.5 Å². The summed E-state index contributed by atoms with van der Waals surface area (Å²) < 4.78 is 5.02. The van der Waals surface area contributed by atoms with Gasteiger partial charge in [0.1, 0.15) is 11.8 Å². The zero-order valence-corrected chi connectivity index (χ0v) is 19.0. The first kappa shape index (κ1) is 23.2. The number of hydrogen-bond donors (Lipinski definition) is 0. The fourth-order valence-electron chi connectivity index (χ4n) is 3.87. The van der Waals surface area contributed by atoms with E-state index in [1.807, 2.05) is 39.8 Å². The lowest BCUT2D eigenvalue weighted by atomic mass is 9.94. The highest BCUT2D eigenvalue weighted by Gasteiger charge is 2.48. The fraction of sp³-hybridized carbons (Fsp3) is 0.360. The Morgan fingerprint density at radius 3 is 2.28 bits per heavy atom. The summed E-state index contributed by atoms with van der Waals surface area (Å²) in [5, 5.41) is 0. The van der Waals surface area contributed by atoms with Gasteiger partial charge in [-0.2, -0.15) is 0 Å². The van der Waals surface area contributed by atoms with Crippen molar-refractivity contribution in [2.45, 2.75) is 59.0 Å². The van der Waals surface area contributed by atoms with Crippen molar-refractivity contribution in [3.8, 4) is 5.75 Å². The van der Waals surface area contributed by atoms with Gasteiger partial charge in [-0.3, -0.25) is 19.2 Å². The van der Waals surface area contributed by atoms with E-state index < -0.39 is 23.5 Å². The van der Waals surface area contributed by atoms with Crippen LogP contribution in [0.15, 0.2) is 48.5 Å². The molecular formula is C25H28N2O5. The molecule has 0 spiro atoms. The molecule has 1 saturated heterocycles. The molecule has 0 N–H and O–H groups in total. The molecule has 1 aliphatic rings. The molecule has 1 unspecified atom stereocenters. The van der Waals surface area contributed by atoms with Crippen LogP contribution in [0.2, 0.25) is 0 Å².